The van der Waals surface area contributed by atoms with Gasteiger partial charge in [0.2, 0.25) is 5.88 Å². The maximum atomic E-state index is 12.9. The number of rotatable bonds is 3. The smallest absolute Gasteiger partial charge is 0.262 e. The van der Waals surface area contributed by atoms with E-state index in [4.69, 9.17) is 17.2 Å². The van der Waals surface area contributed by atoms with Gasteiger partial charge in [-0.2, -0.15) is 0 Å². The van der Waals surface area contributed by atoms with Crippen LogP contribution >= 0.6 is 12.2 Å². The van der Waals surface area contributed by atoms with Crippen LogP contribution in [0.5, 0.6) is 5.88 Å². The Balaban J connectivity index is 1.77. The molecule has 32 heavy (non-hydrogen) atoms. The number of H-pyrrole nitrogens is 1. The Bertz CT molecular complexity index is 1530. The summed E-state index contributed by atoms with van der Waals surface area (Å²) < 4.78 is 1.62. The first kappa shape index (κ1) is 19.9. The SMILES string of the molecule is Cc1ccccc1-n1c(O)c(/C=C2\C(c3ccccc3)=Nc3ccccc32)c(=O)[nH]c1=S. The maximum Gasteiger partial charge on any atom is 0.262 e. The van der Waals surface area contributed by atoms with Crippen molar-refractivity contribution in [3.8, 4) is 11.6 Å². The molecule has 0 aliphatic carbocycles. The summed E-state index contributed by atoms with van der Waals surface area (Å²) >= 11 is 5.38. The van der Waals surface area contributed by atoms with Crippen molar-refractivity contribution in [3.05, 3.63) is 116 Å². The summed E-state index contributed by atoms with van der Waals surface area (Å²) in [6.45, 7) is 1.92. The second kappa shape index (κ2) is 7.90. The van der Waals surface area contributed by atoms with Crippen LogP contribution in [0, 0.1) is 11.7 Å². The molecule has 0 unspecified atom stereocenters. The Morgan fingerprint density at radius 2 is 1.66 bits per heavy atom. The number of nitrogens with one attached hydrogen (secondary N) is 1. The van der Waals surface area contributed by atoms with Gasteiger partial charge in [-0.05, 0) is 42.9 Å². The van der Waals surface area contributed by atoms with Gasteiger partial charge in [0.15, 0.2) is 4.77 Å². The monoisotopic (exact) mass is 437 g/mol. The second-order valence-corrected chi connectivity index (χ2v) is 7.91. The minimum atomic E-state index is -0.457. The lowest BCUT2D eigenvalue weighted by Crippen LogP contribution is -2.17. The molecule has 2 heterocycles. The molecule has 0 saturated heterocycles. The van der Waals surface area contributed by atoms with Gasteiger partial charge < -0.3 is 5.11 Å². The second-order valence-electron chi connectivity index (χ2n) is 7.52. The summed E-state index contributed by atoms with van der Waals surface area (Å²) in [4.78, 5) is 20.4. The topological polar surface area (TPSA) is 70.4 Å². The summed E-state index contributed by atoms with van der Waals surface area (Å²) in [7, 11) is 0. The molecule has 0 radical (unpaired) electrons. The van der Waals surface area contributed by atoms with E-state index in [0.717, 1.165) is 33.7 Å². The summed E-state index contributed by atoms with van der Waals surface area (Å²) in [6, 6.07) is 25.1. The Morgan fingerprint density at radius 3 is 2.44 bits per heavy atom. The van der Waals surface area contributed by atoms with Crippen molar-refractivity contribution in [3.63, 3.8) is 0 Å². The zero-order chi connectivity index (χ0) is 22.2. The van der Waals surface area contributed by atoms with Crippen LogP contribution in [0.25, 0.3) is 17.3 Å². The predicted octanol–water partition coefficient (Wildman–Crippen LogP) is 5.58. The highest BCUT2D eigenvalue weighted by atomic mass is 32.1. The van der Waals surface area contributed by atoms with E-state index in [1.165, 1.54) is 4.57 Å². The first-order valence-corrected chi connectivity index (χ1v) is 10.6. The van der Waals surface area contributed by atoms with Gasteiger partial charge in [0.25, 0.3) is 5.56 Å². The highest BCUT2D eigenvalue weighted by molar-refractivity contribution is 7.71. The maximum absolute atomic E-state index is 12.9. The van der Waals surface area contributed by atoms with Crippen LogP contribution < -0.4 is 5.56 Å². The van der Waals surface area contributed by atoms with E-state index in [1.54, 1.807) is 6.08 Å². The first-order chi connectivity index (χ1) is 15.5. The summed E-state index contributed by atoms with van der Waals surface area (Å²) in [5.74, 6) is -0.211. The molecule has 0 spiro atoms. The summed E-state index contributed by atoms with van der Waals surface area (Å²) in [5.41, 5.74) is 5.44. The molecule has 1 aliphatic rings. The number of aromatic hydroxyl groups is 1. The summed E-state index contributed by atoms with van der Waals surface area (Å²) in [5, 5.41) is 11.2. The van der Waals surface area contributed by atoms with E-state index in [9.17, 15) is 9.90 Å². The number of para-hydroxylation sites is 2. The lowest BCUT2D eigenvalue weighted by atomic mass is 9.96. The predicted molar refractivity (Wildman–Crippen MR) is 131 cm³/mol. The minimum Gasteiger partial charge on any atom is -0.494 e. The number of allylic oxidation sites excluding steroid dienone is 1. The molecule has 0 saturated carbocycles. The minimum absolute atomic E-state index is 0.122. The molecule has 0 fully saturated rings. The molecule has 4 aromatic rings. The molecule has 0 bridgehead atoms. The molecule has 5 rings (SSSR count). The Kier molecular flexibility index (Phi) is 4.92. The molecule has 5 nitrogen and oxygen atoms in total. The number of hydrogen-bond donors (Lipinski definition) is 2. The lowest BCUT2D eigenvalue weighted by molar-refractivity contribution is 0.431. The van der Waals surface area contributed by atoms with Crippen molar-refractivity contribution < 1.29 is 5.11 Å². The molecule has 0 amide bonds. The van der Waals surface area contributed by atoms with Crippen LogP contribution in [0.2, 0.25) is 0 Å². The van der Waals surface area contributed by atoms with Gasteiger partial charge in [-0.1, -0.05) is 66.7 Å². The van der Waals surface area contributed by atoms with E-state index < -0.39 is 5.56 Å². The van der Waals surface area contributed by atoms with E-state index in [2.05, 4.69) is 4.98 Å². The van der Waals surface area contributed by atoms with Crippen LogP contribution in [-0.2, 0) is 0 Å². The van der Waals surface area contributed by atoms with Crippen molar-refractivity contribution in [2.24, 2.45) is 4.99 Å². The normalized spacial score (nSPS) is 13.8. The van der Waals surface area contributed by atoms with E-state index in [1.807, 2.05) is 85.8 Å². The average molecular weight is 438 g/mol. The number of hydrogen-bond acceptors (Lipinski definition) is 4. The molecule has 156 valence electrons. The third-order valence-electron chi connectivity index (χ3n) is 5.49. The third-order valence-corrected chi connectivity index (χ3v) is 5.78. The van der Waals surface area contributed by atoms with Crippen LogP contribution in [0.1, 0.15) is 22.3 Å². The van der Waals surface area contributed by atoms with E-state index >= 15 is 0 Å². The molecule has 1 aliphatic heterocycles. The van der Waals surface area contributed by atoms with Crippen molar-refractivity contribution in [1.82, 2.24) is 9.55 Å². The zero-order valence-electron chi connectivity index (χ0n) is 17.2. The van der Waals surface area contributed by atoms with Crippen LogP contribution in [0.3, 0.4) is 0 Å². The first-order valence-electron chi connectivity index (χ1n) is 10.1. The fraction of sp³-hybridized carbons (Fsp3) is 0.0385. The fourth-order valence-corrected chi connectivity index (χ4v) is 4.20. The Hall–Kier alpha value is -4.03. The molecule has 0 atom stereocenters. The standard InChI is InChI=1S/C26H19N3O2S/c1-16-9-5-8-14-22(16)29-25(31)20(24(30)28-26(29)32)15-19-18-12-6-7-13-21(18)27-23(19)17-10-3-2-4-11-17/h2-15,31H,1H3,(H,28,30,32)/b19-15-. The zero-order valence-corrected chi connectivity index (χ0v) is 18.1. The lowest BCUT2D eigenvalue weighted by Gasteiger charge is -2.14. The molecule has 1 aromatic heterocycles. The van der Waals surface area contributed by atoms with Gasteiger partial charge in [0, 0.05) is 16.7 Å². The van der Waals surface area contributed by atoms with Crippen LogP contribution in [0.4, 0.5) is 5.69 Å². The van der Waals surface area contributed by atoms with Crippen molar-refractivity contribution in [2.45, 2.75) is 6.92 Å². The van der Waals surface area contributed by atoms with Gasteiger partial charge in [-0.3, -0.25) is 14.3 Å². The Morgan fingerprint density at radius 1 is 0.969 bits per heavy atom. The van der Waals surface area contributed by atoms with Crippen molar-refractivity contribution >= 4 is 35.3 Å². The number of aromatic amines is 1. The van der Waals surface area contributed by atoms with E-state index in [0.29, 0.717) is 5.69 Å². The molecule has 3 aromatic carbocycles. The average Bonchev–Trinajstić information content (AvgIpc) is 3.17. The van der Waals surface area contributed by atoms with Gasteiger partial charge in [0.1, 0.15) is 5.56 Å². The quantitative estimate of drug-likeness (QED) is 0.411. The Labute approximate surface area is 189 Å². The number of nitrogens with zero attached hydrogens (tertiary/aromatic N) is 2. The number of fused-ring (bicyclic) bond motifs is 1. The van der Waals surface area contributed by atoms with Gasteiger partial charge >= 0.3 is 0 Å². The number of aliphatic imine (C=N–C) groups is 1. The molecular weight excluding hydrogens is 418 g/mol. The fourth-order valence-electron chi connectivity index (χ4n) is 3.92. The van der Waals surface area contributed by atoms with Crippen LogP contribution in [-0.4, -0.2) is 20.4 Å². The highest BCUT2D eigenvalue weighted by Gasteiger charge is 2.23. The molecule has 6 heteroatoms. The number of aromatic nitrogens is 2. The van der Waals surface area contributed by atoms with Crippen LogP contribution in [0.15, 0.2) is 88.6 Å². The van der Waals surface area contributed by atoms with Gasteiger partial charge in [0.05, 0.1) is 17.1 Å². The van der Waals surface area contributed by atoms with Gasteiger partial charge in [-0.25, -0.2) is 4.99 Å². The molecular formula is C26H19N3O2S. The molecule has 2 N–H and O–H groups in total. The van der Waals surface area contributed by atoms with E-state index in [-0.39, 0.29) is 16.2 Å². The highest BCUT2D eigenvalue weighted by Crippen LogP contribution is 2.38. The van der Waals surface area contributed by atoms with Gasteiger partial charge in [-0.15, -0.1) is 0 Å². The largest absolute Gasteiger partial charge is 0.494 e. The van der Waals surface area contributed by atoms with Crippen molar-refractivity contribution in [1.29, 1.82) is 0 Å². The number of benzene rings is 3. The van der Waals surface area contributed by atoms with Crippen molar-refractivity contribution in [2.75, 3.05) is 0 Å². The third kappa shape index (κ3) is 3.31. The summed E-state index contributed by atoms with van der Waals surface area (Å²) in [6.07, 6.45) is 1.69. The number of aryl methyl sites for hydroxylation is 1.